The maximum absolute atomic E-state index is 11.8. The summed E-state index contributed by atoms with van der Waals surface area (Å²) < 4.78 is 2.64. The number of rotatable bonds is 3. The number of likely N-dealkylation sites (N-methyl/N-ethyl adjacent to an activating group) is 1. The third-order valence-electron chi connectivity index (χ3n) is 9.42. The second-order valence-electron chi connectivity index (χ2n) is 12.5. The molecule has 0 bridgehead atoms. The quantitative estimate of drug-likeness (QED) is 0.594. The maximum Gasteiger partial charge on any atom is 0.161 e. The van der Waals surface area contributed by atoms with Gasteiger partial charge in [-0.05, 0) is 74.0 Å². The molecule has 33 heavy (non-hydrogen) atoms. The van der Waals surface area contributed by atoms with Crippen LogP contribution in [0.3, 0.4) is 0 Å². The van der Waals surface area contributed by atoms with E-state index in [0.29, 0.717) is 6.04 Å². The lowest BCUT2D eigenvalue weighted by Gasteiger charge is -2.41. The first-order chi connectivity index (χ1) is 15.5. The zero-order chi connectivity index (χ0) is 23.6. The Balaban J connectivity index is 1.63. The van der Waals surface area contributed by atoms with Gasteiger partial charge in [0.25, 0.3) is 0 Å². The fourth-order valence-electron chi connectivity index (χ4n) is 6.12. The van der Waals surface area contributed by atoms with Crippen molar-refractivity contribution in [3.05, 3.63) is 41.6 Å². The van der Waals surface area contributed by atoms with Crippen molar-refractivity contribution in [1.29, 1.82) is 0 Å². The molecule has 1 aromatic heterocycles. The summed E-state index contributed by atoms with van der Waals surface area (Å²) >= 11 is 0. The Kier molecular flexibility index (Phi) is 5.72. The van der Waals surface area contributed by atoms with Gasteiger partial charge in [-0.25, -0.2) is 0 Å². The summed E-state index contributed by atoms with van der Waals surface area (Å²) in [4.78, 5) is 4.98. The van der Waals surface area contributed by atoms with E-state index < -0.39 is 13.8 Å². The lowest BCUT2D eigenvalue weighted by molar-refractivity contribution is -0.0408. The van der Waals surface area contributed by atoms with Crippen LogP contribution in [0.25, 0.3) is 16.5 Å². The molecule has 0 saturated carbocycles. The SMILES string of the molecule is CN1CC=C(c2cn([Si](C)(C)C(C)(C)C)c3ccc([C@@]4(O)CCN5CCC[C@H]5C4)cc23)CC1. The molecule has 0 radical (unpaired) electrons. The minimum Gasteiger partial charge on any atom is -0.385 e. The Morgan fingerprint density at radius 1 is 1.12 bits per heavy atom. The van der Waals surface area contributed by atoms with Gasteiger partial charge in [-0.2, -0.15) is 0 Å². The van der Waals surface area contributed by atoms with Gasteiger partial charge in [0.15, 0.2) is 8.24 Å². The molecule has 2 atom stereocenters. The van der Waals surface area contributed by atoms with Gasteiger partial charge in [-0.1, -0.05) is 46.0 Å². The Morgan fingerprint density at radius 3 is 2.61 bits per heavy atom. The Bertz CT molecular complexity index is 1080. The summed E-state index contributed by atoms with van der Waals surface area (Å²) in [6, 6.07) is 7.47. The van der Waals surface area contributed by atoms with Crippen molar-refractivity contribution in [3.8, 4) is 0 Å². The first-order valence-corrected chi connectivity index (χ1v) is 15.9. The molecule has 5 rings (SSSR count). The normalized spacial score (nSPS) is 27.7. The summed E-state index contributed by atoms with van der Waals surface area (Å²) in [7, 11) is 0.419. The Labute approximate surface area is 201 Å². The molecule has 2 saturated heterocycles. The predicted molar refractivity (Wildman–Crippen MR) is 142 cm³/mol. The van der Waals surface area contributed by atoms with Gasteiger partial charge in [0.1, 0.15) is 0 Å². The number of aliphatic hydroxyl groups is 1. The third-order valence-corrected chi connectivity index (χ3v) is 14.7. The second-order valence-corrected chi connectivity index (χ2v) is 17.6. The zero-order valence-corrected chi connectivity index (χ0v) is 22.6. The number of hydrogen-bond acceptors (Lipinski definition) is 3. The van der Waals surface area contributed by atoms with E-state index in [2.05, 4.69) is 85.4 Å². The highest BCUT2D eigenvalue weighted by molar-refractivity contribution is 6.79. The van der Waals surface area contributed by atoms with E-state index in [1.807, 2.05) is 0 Å². The summed E-state index contributed by atoms with van der Waals surface area (Å²) in [5, 5.41) is 13.4. The number of aromatic nitrogens is 1. The molecule has 0 unspecified atom stereocenters. The molecule has 2 fully saturated rings. The average molecular weight is 466 g/mol. The number of nitrogens with zero attached hydrogens (tertiary/aromatic N) is 3. The van der Waals surface area contributed by atoms with Crippen LogP contribution in [0.4, 0.5) is 0 Å². The van der Waals surface area contributed by atoms with Crippen molar-refractivity contribution in [2.24, 2.45) is 0 Å². The van der Waals surface area contributed by atoms with Crippen LogP contribution in [0.2, 0.25) is 18.1 Å². The van der Waals surface area contributed by atoms with Crippen LogP contribution < -0.4 is 0 Å². The summed E-state index contributed by atoms with van der Waals surface area (Å²) in [5.41, 5.74) is 4.65. The van der Waals surface area contributed by atoms with Crippen LogP contribution in [-0.4, -0.2) is 66.6 Å². The smallest absolute Gasteiger partial charge is 0.161 e. The van der Waals surface area contributed by atoms with Gasteiger partial charge in [0.2, 0.25) is 0 Å². The molecule has 0 aliphatic carbocycles. The van der Waals surface area contributed by atoms with Crippen molar-refractivity contribution in [1.82, 2.24) is 14.0 Å². The van der Waals surface area contributed by atoms with E-state index in [1.165, 1.54) is 41.4 Å². The fourth-order valence-corrected chi connectivity index (χ4v) is 8.09. The Morgan fingerprint density at radius 2 is 1.91 bits per heavy atom. The molecule has 0 amide bonds. The van der Waals surface area contributed by atoms with Crippen LogP contribution in [-0.2, 0) is 5.60 Å². The fraction of sp³-hybridized carbons (Fsp3) is 0.643. The van der Waals surface area contributed by atoms with E-state index in [0.717, 1.165) is 44.5 Å². The van der Waals surface area contributed by atoms with Crippen molar-refractivity contribution in [2.45, 2.75) is 82.7 Å². The highest BCUT2D eigenvalue weighted by Crippen LogP contribution is 2.44. The van der Waals surface area contributed by atoms with Crippen LogP contribution in [0.1, 0.15) is 64.0 Å². The lowest BCUT2D eigenvalue weighted by Crippen LogP contribution is -2.46. The van der Waals surface area contributed by atoms with Gasteiger partial charge in [0, 0.05) is 48.3 Å². The van der Waals surface area contributed by atoms with Crippen LogP contribution in [0, 0.1) is 0 Å². The molecular formula is C28H43N3OSi. The summed E-state index contributed by atoms with van der Waals surface area (Å²) in [6.45, 7) is 16.5. The first-order valence-electron chi connectivity index (χ1n) is 13.0. The molecule has 180 valence electrons. The highest BCUT2D eigenvalue weighted by atomic mass is 28.3. The van der Waals surface area contributed by atoms with Crippen LogP contribution >= 0.6 is 0 Å². The van der Waals surface area contributed by atoms with E-state index in [9.17, 15) is 5.11 Å². The molecule has 3 aliphatic heterocycles. The van der Waals surface area contributed by atoms with Gasteiger partial charge >= 0.3 is 0 Å². The molecule has 3 aliphatic rings. The van der Waals surface area contributed by atoms with Crippen molar-refractivity contribution in [2.75, 3.05) is 33.2 Å². The second kappa shape index (κ2) is 8.08. The third kappa shape index (κ3) is 3.95. The molecular weight excluding hydrogens is 422 g/mol. The molecule has 1 aromatic carbocycles. The van der Waals surface area contributed by atoms with Gasteiger partial charge in [0.05, 0.1) is 5.60 Å². The molecule has 2 aromatic rings. The molecule has 5 heteroatoms. The zero-order valence-electron chi connectivity index (χ0n) is 21.6. The monoisotopic (exact) mass is 465 g/mol. The van der Waals surface area contributed by atoms with E-state index in [1.54, 1.807) is 0 Å². The number of piperidine rings is 1. The molecule has 0 spiro atoms. The largest absolute Gasteiger partial charge is 0.385 e. The standard InChI is InChI=1S/C28H43N3OSi/c1-27(2,3)33(5,6)31-20-25(21-11-15-29(4)16-12-21)24-18-22(9-10-26(24)31)28(32)13-17-30-14-7-8-23(30)19-28/h9-11,18,20,23,32H,7-8,12-17,19H2,1-6H3/t23-,28+/m0/s1. The van der Waals surface area contributed by atoms with E-state index in [-0.39, 0.29) is 5.04 Å². The minimum atomic E-state index is -1.79. The van der Waals surface area contributed by atoms with E-state index >= 15 is 0 Å². The van der Waals surface area contributed by atoms with Gasteiger partial charge in [-0.3, -0.25) is 0 Å². The average Bonchev–Trinajstić information content (AvgIpc) is 3.37. The van der Waals surface area contributed by atoms with Crippen molar-refractivity contribution in [3.63, 3.8) is 0 Å². The van der Waals surface area contributed by atoms with Crippen LogP contribution in [0.5, 0.6) is 0 Å². The maximum atomic E-state index is 11.8. The number of hydrogen-bond donors (Lipinski definition) is 1. The summed E-state index contributed by atoms with van der Waals surface area (Å²) in [6.07, 6.45) is 10.2. The predicted octanol–water partition coefficient (Wildman–Crippen LogP) is 5.66. The van der Waals surface area contributed by atoms with Crippen molar-refractivity contribution >= 4 is 24.7 Å². The Hall–Kier alpha value is -1.40. The molecule has 4 heterocycles. The van der Waals surface area contributed by atoms with Crippen molar-refractivity contribution < 1.29 is 5.11 Å². The number of fused-ring (bicyclic) bond motifs is 2. The molecule has 1 N–H and O–H groups in total. The first kappa shape index (κ1) is 23.3. The topological polar surface area (TPSA) is 31.6 Å². The van der Waals surface area contributed by atoms with Crippen LogP contribution in [0.15, 0.2) is 30.5 Å². The molecule has 4 nitrogen and oxygen atoms in total. The van der Waals surface area contributed by atoms with E-state index in [4.69, 9.17) is 0 Å². The number of benzene rings is 1. The highest BCUT2D eigenvalue weighted by Gasteiger charge is 2.42. The van der Waals surface area contributed by atoms with Gasteiger partial charge < -0.3 is 19.1 Å². The summed E-state index contributed by atoms with van der Waals surface area (Å²) in [5.74, 6) is 0. The van der Waals surface area contributed by atoms with Gasteiger partial charge in [-0.15, -0.1) is 0 Å². The minimum absolute atomic E-state index is 0.254. The lowest BCUT2D eigenvalue weighted by atomic mass is 9.80.